The topological polar surface area (TPSA) is 46.5 Å². The van der Waals surface area contributed by atoms with Gasteiger partial charge in [0.1, 0.15) is 12.4 Å². The number of ether oxygens (including phenoxy) is 1. The van der Waals surface area contributed by atoms with E-state index in [4.69, 9.17) is 21.4 Å². The number of carbonyl (C=O) groups is 1. The number of hydrogen-bond donors (Lipinski definition) is 1. The number of halogens is 1. The highest BCUT2D eigenvalue weighted by Gasteiger charge is 2.15. The summed E-state index contributed by atoms with van der Waals surface area (Å²) in [6.07, 6.45) is 1.54. The van der Waals surface area contributed by atoms with Gasteiger partial charge in [-0.2, -0.15) is 0 Å². The van der Waals surface area contributed by atoms with Gasteiger partial charge < -0.3 is 9.84 Å². The molecule has 0 bridgehead atoms. The minimum Gasteiger partial charge on any atom is -0.488 e. The van der Waals surface area contributed by atoms with E-state index >= 15 is 0 Å². The van der Waals surface area contributed by atoms with Crippen LogP contribution in [0.4, 0.5) is 0 Å². The summed E-state index contributed by atoms with van der Waals surface area (Å²) in [6.45, 7) is 3.73. The summed E-state index contributed by atoms with van der Waals surface area (Å²) in [5.41, 5.74) is 0. The first kappa shape index (κ1) is 10.1. The summed E-state index contributed by atoms with van der Waals surface area (Å²) < 4.78 is 5.50. The Hall–Kier alpha value is -1.00. The summed E-state index contributed by atoms with van der Waals surface area (Å²) in [5, 5.41) is 8.72. The standard InChI is InChI=1S/C8H7ClO3S/c1-2-3-12-5-4-6(9)13-7(5)8(10)11/h2,4H,1,3H2,(H,10,11). The summed E-state index contributed by atoms with van der Waals surface area (Å²) in [6, 6.07) is 1.49. The molecule has 13 heavy (non-hydrogen) atoms. The zero-order chi connectivity index (χ0) is 9.84. The maximum Gasteiger partial charge on any atom is 0.349 e. The largest absolute Gasteiger partial charge is 0.488 e. The van der Waals surface area contributed by atoms with Gasteiger partial charge in [-0.05, 0) is 0 Å². The van der Waals surface area contributed by atoms with Gasteiger partial charge in [0.05, 0.1) is 4.34 Å². The predicted octanol–water partition coefficient (Wildman–Crippen LogP) is 2.66. The smallest absolute Gasteiger partial charge is 0.349 e. The van der Waals surface area contributed by atoms with Crippen molar-refractivity contribution >= 4 is 28.9 Å². The fourth-order valence-electron chi connectivity index (χ4n) is 0.751. The lowest BCUT2D eigenvalue weighted by atomic mass is 10.4. The zero-order valence-electron chi connectivity index (χ0n) is 6.62. The van der Waals surface area contributed by atoms with E-state index in [-0.39, 0.29) is 11.5 Å². The third-order valence-electron chi connectivity index (χ3n) is 1.22. The lowest BCUT2D eigenvalue weighted by molar-refractivity contribution is 0.0698. The van der Waals surface area contributed by atoms with Crippen LogP contribution in [0.2, 0.25) is 4.34 Å². The Kier molecular flexibility index (Phi) is 3.33. The summed E-state index contributed by atoms with van der Waals surface area (Å²) >= 11 is 6.62. The number of carboxylic acids is 1. The maximum absolute atomic E-state index is 10.6. The van der Waals surface area contributed by atoms with Crippen molar-refractivity contribution in [3.8, 4) is 5.75 Å². The molecular weight excluding hydrogens is 212 g/mol. The second-order valence-corrected chi connectivity index (χ2v) is 3.83. The van der Waals surface area contributed by atoms with Crippen LogP contribution < -0.4 is 4.74 Å². The molecule has 0 unspecified atom stereocenters. The van der Waals surface area contributed by atoms with E-state index in [1.54, 1.807) is 0 Å². The molecule has 0 spiro atoms. The molecule has 0 aliphatic carbocycles. The van der Waals surface area contributed by atoms with Crippen molar-refractivity contribution in [2.45, 2.75) is 0 Å². The Morgan fingerprint density at radius 3 is 3.08 bits per heavy atom. The Bertz CT molecular complexity index is 332. The molecule has 0 saturated carbocycles. The monoisotopic (exact) mass is 218 g/mol. The van der Waals surface area contributed by atoms with Gasteiger partial charge in [-0.15, -0.1) is 11.3 Å². The van der Waals surface area contributed by atoms with Gasteiger partial charge in [0, 0.05) is 6.07 Å². The van der Waals surface area contributed by atoms with Crippen molar-refractivity contribution in [3.63, 3.8) is 0 Å². The first-order chi connectivity index (χ1) is 6.15. The van der Waals surface area contributed by atoms with Crippen LogP contribution in [0.25, 0.3) is 0 Å². The number of thiophene rings is 1. The number of hydrogen-bond acceptors (Lipinski definition) is 3. The Labute approximate surface area is 84.2 Å². The van der Waals surface area contributed by atoms with E-state index in [9.17, 15) is 4.79 Å². The van der Waals surface area contributed by atoms with Gasteiger partial charge in [0.25, 0.3) is 0 Å². The van der Waals surface area contributed by atoms with E-state index in [0.717, 1.165) is 11.3 Å². The van der Waals surface area contributed by atoms with Crippen molar-refractivity contribution in [2.75, 3.05) is 6.61 Å². The minimum atomic E-state index is -1.03. The Morgan fingerprint density at radius 2 is 2.54 bits per heavy atom. The molecule has 0 saturated heterocycles. The van der Waals surface area contributed by atoms with Crippen LogP contribution in [0.15, 0.2) is 18.7 Å². The number of aromatic carboxylic acids is 1. The highest BCUT2D eigenvalue weighted by Crippen LogP contribution is 2.32. The fraction of sp³-hybridized carbons (Fsp3) is 0.125. The van der Waals surface area contributed by atoms with Crippen molar-refractivity contribution in [1.29, 1.82) is 0 Å². The van der Waals surface area contributed by atoms with E-state index in [1.807, 2.05) is 0 Å². The molecule has 3 nitrogen and oxygen atoms in total. The lowest BCUT2D eigenvalue weighted by Crippen LogP contribution is -1.98. The molecule has 0 amide bonds. The van der Waals surface area contributed by atoms with Gasteiger partial charge in [-0.3, -0.25) is 0 Å². The van der Waals surface area contributed by atoms with Crippen molar-refractivity contribution in [1.82, 2.24) is 0 Å². The van der Waals surface area contributed by atoms with E-state index in [0.29, 0.717) is 10.1 Å². The molecule has 1 heterocycles. The van der Waals surface area contributed by atoms with Crippen molar-refractivity contribution in [3.05, 3.63) is 27.9 Å². The quantitative estimate of drug-likeness (QED) is 0.791. The first-order valence-corrected chi connectivity index (χ1v) is 4.61. The van der Waals surface area contributed by atoms with Gasteiger partial charge in [0.2, 0.25) is 0 Å². The molecule has 70 valence electrons. The molecule has 1 aromatic heterocycles. The third-order valence-corrected chi connectivity index (χ3v) is 2.45. The molecule has 5 heteroatoms. The summed E-state index contributed by atoms with van der Waals surface area (Å²) in [4.78, 5) is 10.8. The Balaban J connectivity index is 2.90. The molecule has 0 aliphatic rings. The third kappa shape index (κ3) is 2.47. The normalized spacial score (nSPS) is 9.62. The Morgan fingerprint density at radius 1 is 1.85 bits per heavy atom. The highest BCUT2D eigenvalue weighted by molar-refractivity contribution is 7.18. The van der Waals surface area contributed by atoms with Crippen molar-refractivity contribution in [2.24, 2.45) is 0 Å². The summed E-state index contributed by atoms with van der Waals surface area (Å²) in [7, 11) is 0. The van der Waals surface area contributed by atoms with Gasteiger partial charge in [-0.25, -0.2) is 4.79 Å². The summed E-state index contributed by atoms with van der Waals surface area (Å²) in [5.74, 6) is -0.738. The SMILES string of the molecule is C=CCOc1cc(Cl)sc1C(=O)O. The van der Waals surface area contributed by atoms with Crippen LogP contribution in [-0.4, -0.2) is 17.7 Å². The van der Waals surface area contributed by atoms with Crippen molar-refractivity contribution < 1.29 is 14.6 Å². The van der Waals surface area contributed by atoms with Gasteiger partial charge >= 0.3 is 5.97 Å². The van der Waals surface area contributed by atoms with Gasteiger partial charge in [0.15, 0.2) is 4.88 Å². The van der Waals surface area contributed by atoms with Gasteiger partial charge in [-0.1, -0.05) is 24.3 Å². The molecule has 1 aromatic rings. The molecule has 0 fully saturated rings. The average molecular weight is 219 g/mol. The molecule has 0 atom stereocenters. The number of rotatable bonds is 4. The first-order valence-electron chi connectivity index (χ1n) is 3.41. The zero-order valence-corrected chi connectivity index (χ0v) is 8.19. The molecule has 1 rings (SSSR count). The molecule has 0 aliphatic heterocycles. The predicted molar refractivity (Wildman–Crippen MR) is 52.0 cm³/mol. The maximum atomic E-state index is 10.6. The minimum absolute atomic E-state index is 0.117. The highest BCUT2D eigenvalue weighted by atomic mass is 35.5. The van der Waals surface area contributed by atoms with Crippen LogP contribution >= 0.6 is 22.9 Å². The van der Waals surface area contributed by atoms with Crippen LogP contribution in [0.1, 0.15) is 9.67 Å². The van der Waals surface area contributed by atoms with Crippen LogP contribution in [-0.2, 0) is 0 Å². The second-order valence-electron chi connectivity index (χ2n) is 2.15. The second kappa shape index (κ2) is 4.30. The molecular formula is C8H7ClO3S. The van der Waals surface area contributed by atoms with Crippen LogP contribution in [0.3, 0.4) is 0 Å². The molecule has 0 radical (unpaired) electrons. The van der Waals surface area contributed by atoms with Crippen LogP contribution in [0.5, 0.6) is 5.75 Å². The molecule has 1 N–H and O–H groups in total. The van der Waals surface area contributed by atoms with Crippen LogP contribution in [0, 0.1) is 0 Å². The lowest BCUT2D eigenvalue weighted by Gasteiger charge is -1.99. The fourth-order valence-corrected chi connectivity index (χ4v) is 1.75. The van der Waals surface area contributed by atoms with E-state index < -0.39 is 5.97 Å². The molecule has 0 aromatic carbocycles. The van der Waals surface area contributed by atoms with E-state index in [2.05, 4.69) is 6.58 Å². The van der Waals surface area contributed by atoms with E-state index in [1.165, 1.54) is 12.1 Å². The average Bonchev–Trinajstić information content (AvgIpc) is 2.43. The number of carboxylic acid groups (broad SMARTS) is 1.